The summed E-state index contributed by atoms with van der Waals surface area (Å²) in [7, 11) is 1.64. The molecule has 8 heteroatoms. The van der Waals surface area contributed by atoms with Gasteiger partial charge in [-0.1, -0.05) is 12.1 Å². The number of pyridine rings is 1. The van der Waals surface area contributed by atoms with Crippen LogP contribution < -0.4 is 20.1 Å². The van der Waals surface area contributed by atoms with Crippen LogP contribution in [0.3, 0.4) is 0 Å². The summed E-state index contributed by atoms with van der Waals surface area (Å²) in [6, 6.07) is 11.6. The summed E-state index contributed by atoms with van der Waals surface area (Å²) in [5.41, 5.74) is 1.06. The van der Waals surface area contributed by atoms with E-state index in [1.807, 2.05) is 61.0 Å². The van der Waals surface area contributed by atoms with Crippen LogP contribution in [0.15, 0.2) is 66.3 Å². The Kier molecular flexibility index (Phi) is 7.65. The highest BCUT2D eigenvalue weighted by Crippen LogP contribution is 2.26. The first kappa shape index (κ1) is 21.2. The van der Waals surface area contributed by atoms with Crippen molar-refractivity contribution in [2.75, 3.05) is 20.2 Å². The number of guanidine groups is 1. The van der Waals surface area contributed by atoms with Gasteiger partial charge in [-0.05, 0) is 43.7 Å². The largest absolute Gasteiger partial charge is 0.493 e. The first-order chi connectivity index (χ1) is 14.7. The molecule has 1 unspecified atom stereocenters. The number of nitrogens with one attached hydrogen (secondary N) is 2. The Bertz CT molecular complexity index is 942. The highest BCUT2D eigenvalue weighted by atomic mass is 16.5. The number of imidazole rings is 1. The summed E-state index contributed by atoms with van der Waals surface area (Å²) in [5.74, 6) is 2.99. The fourth-order valence-corrected chi connectivity index (χ4v) is 2.82. The van der Waals surface area contributed by atoms with Gasteiger partial charge in [0.2, 0.25) is 0 Å². The number of aromatic nitrogens is 3. The third-order valence-corrected chi connectivity index (χ3v) is 4.30. The Morgan fingerprint density at radius 2 is 2.00 bits per heavy atom. The van der Waals surface area contributed by atoms with Crippen LogP contribution in [-0.2, 0) is 6.54 Å². The Morgan fingerprint density at radius 1 is 1.17 bits per heavy atom. The summed E-state index contributed by atoms with van der Waals surface area (Å²) in [6.07, 6.45) is 7.03. The second kappa shape index (κ2) is 10.8. The maximum atomic E-state index is 6.00. The molecular formula is C22H28N6O2. The van der Waals surface area contributed by atoms with Crippen molar-refractivity contribution >= 4 is 5.96 Å². The second-order valence-electron chi connectivity index (χ2n) is 6.65. The number of nitrogens with zero attached hydrogens (tertiary/aromatic N) is 4. The maximum absolute atomic E-state index is 6.00. The van der Waals surface area contributed by atoms with E-state index in [-0.39, 0.29) is 6.10 Å². The Morgan fingerprint density at radius 3 is 2.73 bits per heavy atom. The highest BCUT2D eigenvalue weighted by molar-refractivity contribution is 5.79. The third-order valence-electron chi connectivity index (χ3n) is 4.30. The lowest BCUT2D eigenvalue weighted by Crippen LogP contribution is -2.41. The van der Waals surface area contributed by atoms with Gasteiger partial charge in [-0.3, -0.25) is 4.57 Å². The second-order valence-corrected chi connectivity index (χ2v) is 6.65. The van der Waals surface area contributed by atoms with E-state index in [2.05, 4.69) is 25.6 Å². The van der Waals surface area contributed by atoms with Crippen molar-refractivity contribution in [3.63, 3.8) is 0 Å². The topological polar surface area (TPSA) is 85.6 Å². The van der Waals surface area contributed by atoms with Crippen molar-refractivity contribution in [2.45, 2.75) is 26.5 Å². The van der Waals surface area contributed by atoms with Gasteiger partial charge in [0.15, 0.2) is 17.5 Å². The molecule has 2 aromatic heterocycles. The van der Waals surface area contributed by atoms with Gasteiger partial charge < -0.3 is 20.1 Å². The average molecular weight is 409 g/mol. The van der Waals surface area contributed by atoms with Crippen molar-refractivity contribution in [1.82, 2.24) is 25.2 Å². The van der Waals surface area contributed by atoms with Crippen molar-refractivity contribution in [3.8, 4) is 17.3 Å². The SMILES string of the molecule is CCNC(=NCc1ccnc(-n2ccnc2)c1)NCC(C)Oc1ccccc1OC. The minimum atomic E-state index is -0.0704. The van der Waals surface area contributed by atoms with E-state index in [1.165, 1.54) is 0 Å². The molecule has 0 saturated carbocycles. The molecule has 30 heavy (non-hydrogen) atoms. The zero-order valence-electron chi connectivity index (χ0n) is 17.6. The standard InChI is InChI=1S/C22H28N6O2/c1-4-24-22(26-14-17(2)30-20-8-6-5-7-19(20)29-3)27-15-18-9-10-25-21(13-18)28-12-11-23-16-28/h5-13,16-17H,4,14-15H2,1-3H3,(H2,24,26,27). The molecule has 0 aliphatic heterocycles. The quantitative estimate of drug-likeness (QED) is 0.418. The first-order valence-electron chi connectivity index (χ1n) is 9.94. The van der Waals surface area contributed by atoms with Crippen molar-refractivity contribution in [3.05, 3.63) is 66.9 Å². The molecule has 0 amide bonds. The number of para-hydroxylation sites is 2. The highest BCUT2D eigenvalue weighted by Gasteiger charge is 2.09. The van der Waals surface area contributed by atoms with Crippen LogP contribution >= 0.6 is 0 Å². The Balaban J connectivity index is 1.59. The van der Waals surface area contributed by atoms with E-state index in [1.54, 1.807) is 25.8 Å². The lowest BCUT2D eigenvalue weighted by Gasteiger charge is -2.19. The molecule has 8 nitrogen and oxygen atoms in total. The number of aliphatic imine (C=N–C) groups is 1. The van der Waals surface area contributed by atoms with Crippen LogP contribution in [0.1, 0.15) is 19.4 Å². The summed E-state index contributed by atoms with van der Waals surface area (Å²) in [5, 5.41) is 6.60. The minimum absolute atomic E-state index is 0.0704. The number of hydrogen-bond acceptors (Lipinski definition) is 5. The summed E-state index contributed by atoms with van der Waals surface area (Å²) in [6.45, 7) is 5.94. The smallest absolute Gasteiger partial charge is 0.191 e. The summed E-state index contributed by atoms with van der Waals surface area (Å²) < 4.78 is 13.2. The van der Waals surface area contributed by atoms with E-state index in [4.69, 9.17) is 9.47 Å². The first-order valence-corrected chi connectivity index (χ1v) is 9.94. The molecule has 0 fully saturated rings. The van der Waals surface area contributed by atoms with E-state index >= 15 is 0 Å². The normalized spacial score (nSPS) is 12.3. The van der Waals surface area contributed by atoms with Crippen LogP contribution in [0.4, 0.5) is 0 Å². The van der Waals surface area contributed by atoms with Gasteiger partial charge in [0, 0.05) is 25.1 Å². The monoisotopic (exact) mass is 408 g/mol. The number of hydrogen-bond donors (Lipinski definition) is 2. The van der Waals surface area contributed by atoms with Crippen LogP contribution in [-0.4, -0.2) is 46.8 Å². The zero-order chi connectivity index (χ0) is 21.2. The summed E-state index contributed by atoms with van der Waals surface area (Å²) in [4.78, 5) is 13.1. The zero-order valence-corrected chi connectivity index (χ0v) is 17.6. The minimum Gasteiger partial charge on any atom is -0.493 e. The molecule has 0 bridgehead atoms. The van der Waals surface area contributed by atoms with Crippen molar-refractivity contribution in [1.29, 1.82) is 0 Å². The molecular weight excluding hydrogens is 380 g/mol. The lowest BCUT2D eigenvalue weighted by molar-refractivity contribution is 0.213. The van der Waals surface area contributed by atoms with E-state index < -0.39 is 0 Å². The molecule has 0 aliphatic rings. The molecule has 2 heterocycles. The van der Waals surface area contributed by atoms with Crippen molar-refractivity contribution in [2.24, 2.45) is 4.99 Å². The maximum Gasteiger partial charge on any atom is 0.191 e. The fourth-order valence-electron chi connectivity index (χ4n) is 2.82. The Labute approximate surface area is 177 Å². The molecule has 2 N–H and O–H groups in total. The molecule has 0 spiro atoms. The van der Waals surface area contributed by atoms with E-state index in [9.17, 15) is 0 Å². The van der Waals surface area contributed by atoms with E-state index in [0.717, 1.165) is 35.4 Å². The van der Waals surface area contributed by atoms with Gasteiger partial charge in [0.05, 0.1) is 20.2 Å². The van der Waals surface area contributed by atoms with Crippen LogP contribution in [0, 0.1) is 0 Å². The summed E-state index contributed by atoms with van der Waals surface area (Å²) >= 11 is 0. The Hall–Kier alpha value is -3.55. The van der Waals surface area contributed by atoms with Crippen LogP contribution in [0.2, 0.25) is 0 Å². The third kappa shape index (κ3) is 5.97. The van der Waals surface area contributed by atoms with Gasteiger partial charge in [-0.2, -0.15) is 0 Å². The van der Waals surface area contributed by atoms with Crippen molar-refractivity contribution < 1.29 is 9.47 Å². The molecule has 0 saturated heterocycles. The molecule has 3 rings (SSSR count). The predicted octanol–water partition coefficient (Wildman–Crippen LogP) is 2.80. The number of methoxy groups -OCH3 is 1. The molecule has 0 radical (unpaired) electrons. The molecule has 3 aromatic rings. The molecule has 1 aromatic carbocycles. The van der Waals surface area contributed by atoms with Gasteiger partial charge in [0.25, 0.3) is 0 Å². The van der Waals surface area contributed by atoms with E-state index in [0.29, 0.717) is 13.1 Å². The molecule has 1 atom stereocenters. The number of ether oxygens (including phenoxy) is 2. The number of benzene rings is 1. The molecule has 0 aliphatic carbocycles. The van der Waals surface area contributed by atoms with Gasteiger partial charge >= 0.3 is 0 Å². The predicted molar refractivity (Wildman–Crippen MR) is 117 cm³/mol. The van der Waals surface area contributed by atoms with Gasteiger partial charge in [-0.25, -0.2) is 15.0 Å². The lowest BCUT2D eigenvalue weighted by atomic mass is 10.2. The van der Waals surface area contributed by atoms with Gasteiger partial charge in [-0.15, -0.1) is 0 Å². The average Bonchev–Trinajstić information content (AvgIpc) is 3.31. The molecule has 158 valence electrons. The van der Waals surface area contributed by atoms with Gasteiger partial charge in [0.1, 0.15) is 18.2 Å². The van der Waals surface area contributed by atoms with Crippen LogP contribution in [0.5, 0.6) is 11.5 Å². The number of rotatable bonds is 9. The fraction of sp³-hybridized carbons (Fsp3) is 0.318. The van der Waals surface area contributed by atoms with Crippen LogP contribution in [0.25, 0.3) is 5.82 Å².